The maximum Gasteiger partial charge on any atom is 0.337 e. The molecular weight excluding hydrogens is 463 g/mol. The lowest BCUT2D eigenvalue weighted by Crippen LogP contribution is -2.44. The van der Waals surface area contributed by atoms with Gasteiger partial charge in [-0.3, -0.25) is 10.2 Å². The van der Waals surface area contributed by atoms with Crippen LogP contribution in [0.1, 0.15) is 10.4 Å². The van der Waals surface area contributed by atoms with Gasteiger partial charge in [0.25, 0.3) is 5.91 Å². The van der Waals surface area contributed by atoms with Crippen LogP contribution in [0.5, 0.6) is 5.75 Å². The Hall–Kier alpha value is -3.81. The van der Waals surface area contributed by atoms with Crippen LogP contribution in [0.15, 0.2) is 72.8 Å². The van der Waals surface area contributed by atoms with Gasteiger partial charge in [-0.25, -0.2) is 15.2 Å². The second-order valence-electron chi connectivity index (χ2n) is 6.93. The Morgan fingerprint density at radius 2 is 1.64 bits per heavy atom. The monoisotopic (exact) mass is 480 g/mol. The molecule has 0 aliphatic carbocycles. The number of urea groups is 1. The van der Waals surface area contributed by atoms with E-state index < -0.39 is 11.9 Å². The van der Waals surface area contributed by atoms with Gasteiger partial charge >= 0.3 is 6.03 Å². The number of methoxy groups -OCH3 is 1. The van der Waals surface area contributed by atoms with Gasteiger partial charge in [-0.15, -0.1) is 0 Å². The van der Waals surface area contributed by atoms with Crippen LogP contribution in [0, 0.1) is 0 Å². The highest BCUT2D eigenvalue weighted by molar-refractivity contribution is 6.42. The molecule has 3 amide bonds. The number of nitrogens with one attached hydrogen (secondary N) is 3. The molecule has 166 valence electrons. The second-order valence-corrected chi connectivity index (χ2v) is 7.75. The van der Waals surface area contributed by atoms with Crippen LogP contribution in [-0.2, 0) is 0 Å². The lowest BCUT2D eigenvalue weighted by atomic mass is 10.0. The zero-order chi connectivity index (χ0) is 23.4. The molecule has 0 unspecified atom stereocenters. The van der Waals surface area contributed by atoms with Crippen molar-refractivity contribution in [2.75, 3.05) is 12.4 Å². The van der Waals surface area contributed by atoms with Crippen LogP contribution in [0.2, 0.25) is 10.0 Å². The summed E-state index contributed by atoms with van der Waals surface area (Å²) in [6, 6.07) is 20.3. The van der Waals surface area contributed by atoms with Crippen molar-refractivity contribution < 1.29 is 14.3 Å². The first-order chi connectivity index (χ1) is 16.0. The number of nitrogens with zero attached hydrogens (tertiary/aromatic N) is 1. The summed E-state index contributed by atoms with van der Waals surface area (Å²) in [5, 5.41) is 3.87. The minimum atomic E-state index is -0.648. The quantitative estimate of drug-likeness (QED) is 0.327. The third-order valence-electron chi connectivity index (χ3n) is 4.81. The van der Waals surface area contributed by atoms with Crippen molar-refractivity contribution in [3.05, 3.63) is 88.4 Å². The lowest BCUT2D eigenvalue weighted by molar-refractivity contribution is 0.0939. The maximum atomic E-state index is 13.0. The van der Waals surface area contributed by atoms with Gasteiger partial charge in [0, 0.05) is 16.6 Å². The molecular formula is C24H18Cl2N4O3. The second kappa shape index (κ2) is 9.77. The Bertz CT molecular complexity index is 1360. The molecule has 0 radical (unpaired) electrons. The fraction of sp³-hybridized carbons (Fsp3) is 0.0417. The normalized spacial score (nSPS) is 10.5. The number of halogens is 2. The minimum absolute atomic E-state index is 0.297. The highest BCUT2D eigenvalue weighted by Crippen LogP contribution is 2.31. The summed E-state index contributed by atoms with van der Waals surface area (Å²) in [7, 11) is 1.57. The van der Waals surface area contributed by atoms with E-state index in [4.69, 9.17) is 27.9 Å². The van der Waals surface area contributed by atoms with E-state index in [9.17, 15) is 9.59 Å². The van der Waals surface area contributed by atoms with Crippen molar-refractivity contribution in [1.29, 1.82) is 0 Å². The maximum absolute atomic E-state index is 13.0. The molecule has 0 atom stereocenters. The van der Waals surface area contributed by atoms with Crippen LogP contribution < -0.4 is 20.9 Å². The van der Waals surface area contributed by atoms with E-state index in [-0.39, 0.29) is 0 Å². The summed E-state index contributed by atoms with van der Waals surface area (Å²) in [6.45, 7) is 0. The number of carbonyl (C=O) groups is 2. The number of rotatable bonds is 4. The Labute approximate surface area is 199 Å². The van der Waals surface area contributed by atoms with Gasteiger partial charge < -0.3 is 10.1 Å². The first-order valence-corrected chi connectivity index (χ1v) is 10.6. The summed E-state index contributed by atoms with van der Waals surface area (Å²) >= 11 is 11.8. The van der Waals surface area contributed by atoms with Crippen LogP contribution in [0.3, 0.4) is 0 Å². The van der Waals surface area contributed by atoms with Crippen molar-refractivity contribution in [3.63, 3.8) is 0 Å². The number of aromatic nitrogens is 1. The number of amides is 3. The Kier molecular flexibility index (Phi) is 6.63. The zero-order valence-electron chi connectivity index (χ0n) is 17.4. The number of hydrogen-bond donors (Lipinski definition) is 3. The average molecular weight is 481 g/mol. The molecule has 33 heavy (non-hydrogen) atoms. The van der Waals surface area contributed by atoms with Crippen LogP contribution >= 0.6 is 23.2 Å². The van der Waals surface area contributed by atoms with Crippen LogP contribution in [-0.4, -0.2) is 24.0 Å². The summed E-state index contributed by atoms with van der Waals surface area (Å²) in [4.78, 5) is 29.9. The van der Waals surface area contributed by atoms with E-state index in [0.29, 0.717) is 43.6 Å². The number of para-hydroxylation sites is 2. The van der Waals surface area contributed by atoms with Crippen molar-refractivity contribution in [3.8, 4) is 17.0 Å². The molecule has 4 aromatic rings. The van der Waals surface area contributed by atoms with E-state index in [0.717, 1.165) is 5.56 Å². The predicted molar refractivity (Wildman–Crippen MR) is 130 cm³/mol. The first-order valence-electron chi connectivity index (χ1n) is 9.82. The van der Waals surface area contributed by atoms with Gasteiger partial charge in [-0.05, 0) is 42.5 Å². The standard InChI is InChI=1S/C24H18Cl2N4O3/c1-33-22-9-5-3-7-16(22)21-13-17(15-6-2-4-8-20(15)28-21)23(31)29-30-24(32)27-14-10-11-18(25)19(26)12-14/h2-13H,1H3,(H,29,31)(H2,27,30,32). The third kappa shape index (κ3) is 5.00. The summed E-state index contributed by atoms with van der Waals surface area (Å²) in [5.41, 5.74) is 7.47. The van der Waals surface area contributed by atoms with Gasteiger partial charge in [0.05, 0.1) is 33.9 Å². The smallest absolute Gasteiger partial charge is 0.337 e. The number of hydrogen-bond acceptors (Lipinski definition) is 4. The Balaban J connectivity index is 1.58. The lowest BCUT2D eigenvalue weighted by Gasteiger charge is -2.13. The van der Waals surface area contributed by atoms with Gasteiger partial charge in [0.2, 0.25) is 0 Å². The third-order valence-corrected chi connectivity index (χ3v) is 5.55. The molecule has 0 saturated carbocycles. The zero-order valence-corrected chi connectivity index (χ0v) is 18.9. The molecule has 3 N–H and O–H groups in total. The number of anilines is 1. The first kappa shape index (κ1) is 22.4. The Morgan fingerprint density at radius 1 is 0.879 bits per heavy atom. The van der Waals surface area contributed by atoms with E-state index in [1.165, 1.54) is 6.07 Å². The van der Waals surface area contributed by atoms with Crippen LogP contribution in [0.4, 0.5) is 10.5 Å². The van der Waals surface area contributed by atoms with E-state index in [1.54, 1.807) is 31.4 Å². The number of fused-ring (bicyclic) bond motifs is 1. The highest BCUT2D eigenvalue weighted by atomic mass is 35.5. The molecule has 3 aromatic carbocycles. The van der Waals surface area contributed by atoms with Gasteiger partial charge in [-0.2, -0.15) is 0 Å². The van der Waals surface area contributed by atoms with Crippen molar-refractivity contribution in [1.82, 2.24) is 15.8 Å². The average Bonchev–Trinajstić information content (AvgIpc) is 2.84. The molecule has 0 saturated heterocycles. The molecule has 0 aliphatic rings. The minimum Gasteiger partial charge on any atom is -0.496 e. The van der Waals surface area contributed by atoms with Gasteiger partial charge in [-0.1, -0.05) is 53.5 Å². The fourth-order valence-corrected chi connectivity index (χ4v) is 3.57. The van der Waals surface area contributed by atoms with Crippen molar-refractivity contribution >= 4 is 51.7 Å². The summed E-state index contributed by atoms with van der Waals surface area (Å²) < 4.78 is 5.44. The fourth-order valence-electron chi connectivity index (χ4n) is 3.27. The molecule has 0 aliphatic heterocycles. The summed E-state index contributed by atoms with van der Waals surface area (Å²) in [6.07, 6.45) is 0. The van der Waals surface area contributed by atoms with E-state index in [2.05, 4.69) is 21.2 Å². The molecule has 1 aromatic heterocycles. The van der Waals surface area contributed by atoms with Crippen molar-refractivity contribution in [2.24, 2.45) is 0 Å². The number of carbonyl (C=O) groups excluding carboxylic acids is 2. The number of benzene rings is 3. The van der Waals surface area contributed by atoms with Crippen LogP contribution in [0.25, 0.3) is 22.2 Å². The highest BCUT2D eigenvalue weighted by Gasteiger charge is 2.16. The molecule has 7 nitrogen and oxygen atoms in total. The van der Waals surface area contributed by atoms with E-state index >= 15 is 0 Å². The number of ether oxygens (including phenoxy) is 1. The largest absolute Gasteiger partial charge is 0.496 e. The molecule has 1 heterocycles. The molecule has 0 spiro atoms. The summed E-state index contributed by atoms with van der Waals surface area (Å²) in [5.74, 6) is 0.125. The number of pyridine rings is 1. The molecule has 9 heteroatoms. The van der Waals surface area contributed by atoms with E-state index in [1.807, 2.05) is 42.5 Å². The van der Waals surface area contributed by atoms with Crippen molar-refractivity contribution in [2.45, 2.75) is 0 Å². The molecule has 4 rings (SSSR count). The molecule has 0 fully saturated rings. The van der Waals surface area contributed by atoms with Gasteiger partial charge in [0.1, 0.15) is 5.75 Å². The topological polar surface area (TPSA) is 92.4 Å². The molecule has 0 bridgehead atoms. The SMILES string of the molecule is COc1ccccc1-c1cc(C(=O)NNC(=O)Nc2ccc(Cl)c(Cl)c2)c2ccccc2n1. The Morgan fingerprint density at radius 3 is 2.42 bits per heavy atom. The predicted octanol–water partition coefficient (Wildman–Crippen LogP) is 5.68. The number of hydrazine groups is 1. The van der Waals surface area contributed by atoms with Gasteiger partial charge in [0.15, 0.2) is 0 Å².